The third-order valence-corrected chi connectivity index (χ3v) is 3.67. The highest BCUT2D eigenvalue weighted by atomic mass is 32.2. The molecule has 0 N–H and O–H groups in total. The molecule has 0 rings (SSSR count). The Morgan fingerprint density at radius 3 is 1.62 bits per heavy atom. The lowest BCUT2D eigenvalue weighted by molar-refractivity contribution is -0.153. The summed E-state index contributed by atoms with van der Waals surface area (Å²) >= 11 is 0. The molecule has 0 aliphatic rings. The maximum Gasteiger partial charge on any atom is 0.336 e. The molecule has 0 amide bonds. The first-order valence-electron chi connectivity index (χ1n) is 4.95. The summed E-state index contributed by atoms with van der Waals surface area (Å²) in [6.07, 6.45) is 0. The van der Waals surface area contributed by atoms with Crippen LogP contribution in [-0.4, -0.2) is 44.6 Å². The van der Waals surface area contributed by atoms with Crippen LogP contribution in [0.4, 0.5) is 0 Å². The topological polar surface area (TPSA) is 86.7 Å². The van der Waals surface area contributed by atoms with Crippen molar-refractivity contribution < 1.29 is 27.5 Å². The molecule has 0 aromatic carbocycles. The molecule has 0 heterocycles. The summed E-state index contributed by atoms with van der Waals surface area (Å²) in [6.45, 7) is 4.42. The number of carbonyl (C=O) groups is 2. The Balaban J connectivity index is 5.06. The van der Waals surface area contributed by atoms with Gasteiger partial charge >= 0.3 is 11.9 Å². The van der Waals surface area contributed by atoms with E-state index in [0.717, 1.165) is 0 Å². The van der Waals surface area contributed by atoms with Crippen LogP contribution >= 0.6 is 0 Å². The van der Waals surface area contributed by atoms with Crippen molar-refractivity contribution in [1.29, 1.82) is 0 Å². The van der Waals surface area contributed by atoms with Gasteiger partial charge in [0.05, 0.1) is 13.2 Å². The van der Waals surface area contributed by atoms with E-state index in [-0.39, 0.29) is 19.0 Å². The number of sulfone groups is 1. The molecule has 0 saturated heterocycles. The molecular weight excluding hydrogens is 236 g/mol. The molecule has 7 heteroatoms. The fourth-order valence-corrected chi connectivity index (χ4v) is 2.05. The van der Waals surface area contributed by atoms with E-state index in [1.807, 2.05) is 0 Å². The average molecular weight is 252 g/mol. The highest BCUT2D eigenvalue weighted by Gasteiger charge is 2.40. The number of carbonyl (C=O) groups excluding carboxylic acids is 2. The number of rotatable bonds is 6. The first-order chi connectivity index (χ1) is 7.40. The molecule has 0 unspecified atom stereocenters. The molecule has 0 saturated carbocycles. The number of ether oxygens (including phenoxy) is 2. The van der Waals surface area contributed by atoms with Crippen LogP contribution < -0.4 is 0 Å². The zero-order valence-corrected chi connectivity index (χ0v) is 10.4. The van der Waals surface area contributed by atoms with Gasteiger partial charge < -0.3 is 9.47 Å². The Bertz CT molecular complexity index is 327. The van der Waals surface area contributed by atoms with Gasteiger partial charge in [0.15, 0.2) is 9.84 Å². The molecule has 0 radical (unpaired) electrons. The molecule has 0 atom stereocenters. The van der Waals surface area contributed by atoms with Crippen LogP contribution in [0.5, 0.6) is 0 Å². The maximum atomic E-state index is 11.5. The molecule has 0 aliphatic heterocycles. The van der Waals surface area contributed by atoms with E-state index in [1.54, 1.807) is 0 Å². The number of esters is 2. The lowest BCUT2D eigenvalue weighted by atomic mass is 10.4. The molecule has 94 valence electrons. The van der Waals surface area contributed by atoms with Crippen LogP contribution in [0, 0.1) is 0 Å². The largest absolute Gasteiger partial charge is 0.465 e. The van der Waals surface area contributed by atoms with Crippen molar-refractivity contribution in [1.82, 2.24) is 0 Å². The first kappa shape index (κ1) is 14.9. The Morgan fingerprint density at radius 1 is 1.00 bits per heavy atom. The van der Waals surface area contributed by atoms with E-state index in [4.69, 9.17) is 0 Å². The van der Waals surface area contributed by atoms with Crippen LogP contribution in [0.1, 0.15) is 20.8 Å². The summed E-state index contributed by atoms with van der Waals surface area (Å²) in [7, 11) is -3.85. The fourth-order valence-electron chi connectivity index (χ4n) is 0.992. The molecule has 0 bridgehead atoms. The quantitative estimate of drug-likeness (QED) is 0.485. The molecule has 0 spiro atoms. The van der Waals surface area contributed by atoms with Gasteiger partial charge in [-0.2, -0.15) is 0 Å². The van der Waals surface area contributed by atoms with Crippen molar-refractivity contribution in [3.63, 3.8) is 0 Å². The van der Waals surface area contributed by atoms with Gasteiger partial charge in [0.2, 0.25) is 0 Å². The Labute approximate surface area is 94.8 Å². The first-order valence-corrected chi connectivity index (χ1v) is 6.67. The summed E-state index contributed by atoms with van der Waals surface area (Å²) in [5, 5.41) is -1.86. The van der Waals surface area contributed by atoms with Crippen molar-refractivity contribution in [2.45, 2.75) is 26.0 Å². The molecule has 0 aromatic heterocycles. The van der Waals surface area contributed by atoms with Gasteiger partial charge in [-0.1, -0.05) is 6.92 Å². The third kappa shape index (κ3) is 3.80. The van der Waals surface area contributed by atoms with E-state index in [2.05, 4.69) is 9.47 Å². The highest BCUT2D eigenvalue weighted by molar-refractivity contribution is 7.93. The van der Waals surface area contributed by atoms with Gasteiger partial charge in [0, 0.05) is 5.75 Å². The van der Waals surface area contributed by atoms with Gasteiger partial charge in [-0.05, 0) is 13.8 Å². The summed E-state index contributed by atoms with van der Waals surface area (Å²) in [5.41, 5.74) is 0. The zero-order valence-electron chi connectivity index (χ0n) is 9.56. The lowest BCUT2D eigenvalue weighted by Gasteiger charge is -2.13. The summed E-state index contributed by atoms with van der Waals surface area (Å²) in [6, 6.07) is 0. The maximum absolute atomic E-state index is 11.5. The third-order valence-electron chi connectivity index (χ3n) is 1.76. The smallest absolute Gasteiger partial charge is 0.336 e. The van der Waals surface area contributed by atoms with Crippen molar-refractivity contribution in [2.24, 2.45) is 0 Å². The van der Waals surface area contributed by atoms with Crippen molar-refractivity contribution >= 4 is 21.8 Å². The van der Waals surface area contributed by atoms with Gasteiger partial charge in [-0.25, -0.2) is 8.42 Å². The highest BCUT2D eigenvalue weighted by Crippen LogP contribution is 2.08. The van der Waals surface area contributed by atoms with E-state index < -0.39 is 27.0 Å². The van der Waals surface area contributed by atoms with Gasteiger partial charge in [0.25, 0.3) is 5.25 Å². The summed E-state index contributed by atoms with van der Waals surface area (Å²) < 4.78 is 32.1. The van der Waals surface area contributed by atoms with E-state index in [0.29, 0.717) is 0 Å². The van der Waals surface area contributed by atoms with Crippen molar-refractivity contribution in [2.75, 3.05) is 19.0 Å². The van der Waals surface area contributed by atoms with E-state index in [9.17, 15) is 18.0 Å². The molecule has 6 nitrogen and oxygen atoms in total. The molecule has 0 aliphatic carbocycles. The normalized spacial score (nSPS) is 11.2. The summed E-state index contributed by atoms with van der Waals surface area (Å²) in [5.74, 6) is -2.49. The minimum atomic E-state index is -3.85. The van der Waals surface area contributed by atoms with Crippen LogP contribution in [0.2, 0.25) is 0 Å². The predicted molar refractivity (Wildman–Crippen MR) is 56.5 cm³/mol. The number of hydrogen-bond acceptors (Lipinski definition) is 6. The summed E-state index contributed by atoms with van der Waals surface area (Å²) in [4.78, 5) is 22.7. The molecule has 16 heavy (non-hydrogen) atoms. The van der Waals surface area contributed by atoms with Gasteiger partial charge in [-0.15, -0.1) is 0 Å². The van der Waals surface area contributed by atoms with Crippen LogP contribution in [0.25, 0.3) is 0 Å². The monoisotopic (exact) mass is 252 g/mol. The van der Waals surface area contributed by atoms with E-state index in [1.165, 1.54) is 20.8 Å². The van der Waals surface area contributed by atoms with Crippen LogP contribution in [0.15, 0.2) is 0 Å². The SMILES string of the molecule is CCOC(=O)C(C(=O)OCC)S(=O)(=O)CC. The van der Waals surface area contributed by atoms with Crippen molar-refractivity contribution in [3.8, 4) is 0 Å². The zero-order chi connectivity index (χ0) is 12.8. The van der Waals surface area contributed by atoms with E-state index >= 15 is 0 Å². The number of hydrogen-bond donors (Lipinski definition) is 0. The second kappa shape index (κ2) is 6.47. The fraction of sp³-hybridized carbons (Fsp3) is 0.778. The van der Waals surface area contributed by atoms with Crippen LogP contribution in [-0.2, 0) is 28.9 Å². The second-order valence-electron chi connectivity index (χ2n) is 2.84. The Kier molecular flexibility index (Phi) is 6.02. The minimum absolute atomic E-state index is 0.00791. The van der Waals surface area contributed by atoms with Gasteiger partial charge in [-0.3, -0.25) is 9.59 Å². The van der Waals surface area contributed by atoms with Crippen molar-refractivity contribution in [3.05, 3.63) is 0 Å². The molecular formula is C9H16O6S. The Hall–Kier alpha value is -1.11. The van der Waals surface area contributed by atoms with Gasteiger partial charge in [0.1, 0.15) is 0 Å². The lowest BCUT2D eigenvalue weighted by Crippen LogP contribution is -2.41. The molecule has 0 fully saturated rings. The Morgan fingerprint density at radius 2 is 1.38 bits per heavy atom. The predicted octanol–water partition coefficient (Wildman–Crippen LogP) is -0.0841. The minimum Gasteiger partial charge on any atom is -0.465 e. The second-order valence-corrected chi connectivity index (χ2v) is 5.21. The van der Waals surface area contributed by atoms with Crippen LogP contribution in [0.3, 0.4) is 0 Å². The standard InChI is InChI=1S/C9H16O6S/c1-4-14-8(10)7(9(11)15-5-2)16(12,13)6-3/h7H,4-6H2,1-3H3. The average Bonchev–Trinajstić information content (AvgIpc) is 2.18. The molecule has 0 aromatic rings.